The predicted octanol–water partition coefficient (Wildman–Crippen LogP) is 2.29. The highest BCUT2D eigenvalue weighted by Gasteiger charge is 2.23. The lowest BCUT2D eigenvalue weighted by atomic mass is 10.0. The Labute approximate surface area is 185 Å². The van der Waals surface area contributed by atoms with E-state index in [0.29, 0.717) is 12.5 Å². The van der Waals surface area contributed by atoms with Crippen molar-refractivity contribution >= 4 is 5.96 Å². The second-order valence-electron chi connectivity index (χ2n) is 8.13. The summed E-state index contributed by atoms with van der Waals surface area (Å²) in [6.45, 7) is 10.1. The van der Waals surface area contributed by atoms with Crippen LogP contribution >= 0.6 is 0 Å². The van der Waals surface area contributed by atoms with E-state index in [2.05, 4.69) is 56.1 Å². The van der Waals surface area contributed by atoms with E-state index in [0.717, 1.165) is 56.9 Å². The number of aliphatic imine (C=N–C) groups is 1. The lowest BCUT2D eigenvalue weighted by molar-refractivity contribution is 0.0170. The van der Waals surface area contributed by atoms with Gasteiger partial charge >= 0.3 is 0 Å². The zero-order chi connectivity index (χ0) is 22.1. The Hall–Kier alpha value is -2.58. The van der Waals surface area contributed by atoms with E-state index in [9.17, 15) is 0 Å². The Morgan fingerprint density at radius 3 is 2.58 bits per heavy atom. The lowest BCUT2D eigenvalue weighted by Crippen LogP contribution is -2.46. The number of guanidine groups is 1. The number of rotatable bonds is 9. The van der Waals surface area contributed by atoms with E-state index in [-0.39, 0.29) is 6.04 Å². The molecule has 0 bridgehead atoms. The van der Waals surface area contributed by atoms with Gasteiger partial charge in [-0.25, -0.2) is 4.98 Å². The molecule has 1 aromatic carbocycles. The molecule has 8 nitrogen and oxygen atoms in total. The highest BCUT2D eigenvalue weighted by molar-refractivity contribution is 5.79. The molecule has 3 rings (SSSR count). The third kappa shape index (κ3) is 6.70. The third-order valence-corrected chi connectivity index (χ3v) is 5.45. The van der Waals surface area contributed by atoms with Crippen LogP contribution in [0.15, 0.2) is 41.7 Å². The van der Waals surface area contributed by atoms with E-state index in [4.69, 9.17) is 9.47 Å². The van der Waals surface area contributed by atoms with Gasteiger partial charge in [0, 0.05) is 45.6 Å². The first-order chi connectivity index (χ1) is 15.1. The van der Waals surface area contributed by atoms with Gasteiger partial charge in [0.2, 0.25) is 0 Å². The van der Waals surface area contributed by atoms with E-state index >= 15 is 0 Å². The van der Waals surface area contributed by atoms with Gasteiger partial charge in [-0.05, 0) is 23.6 Å². The van der Waals surface area contributed by atoms with Gasteiger partial charge in [-0.2, -0.15) is 0 Å². The van der Waals surface area contributed by atoms with Gasteiger partial charge in [0.15, 0.2) is 5.96 Å². The third-order valence-electron chi connectivity index (χ3n) is 5.45. The first-order valence-electron chi connectivity index (χ1n) is 11.0. The van der Waals surface area contributed by atoms with E-state index in [1.165, 1.54) is 5.56 Å². The van der Waals surface area contributed by atoms with Crippen LogP contribution in [0.25, 0.3) is 0 Å². The predicted molar refractivity (Wildman–Crippen MR) is 123 cm³/mol. The largest absolute Gasteiger partial charge is 0.497 e. The summed E-state index contributed by atoms with van der Waals surface area (Å²) in [5, 5.41) is 6.91. The maximum absolute atomic E-state index is 5.56. The molecule has 0 saturated carbocycles. The highest BCUT2D eigenvalue weighted by atomic mass is 16.5. The van der Waals surface area contributed by atoms with Crippen molar-refractivity contribution in [1.29, 1.82) is 0 Å². The quantitative estimate of drug-likeness (QED) is 0.472. The van der Waals surface area contributed by atoms with Gasteiger partial charge in [0.05, 0.1) is 32.9 Å². The summed E-state index contributed by atoms with van der Waals surface area (Å²) >= 11 is 0. The SMILES string of the molecule is CN=C(NCc1nccn1CC(C)C)NCC(c1ccc(OC)cc1)N1CCOCC1. The second kappa shape index (κ2) is 11.7. The van der Waals surface area contributed by atoms with Crippen LogP contribution in [0, 0.1) is 5.92 Å². The summed E-state index contributed by atoms with van der Waals surface area (Å²) in [5.74, 6) is 3.22. The number of imidazole rings is 1. The van der Waals surface area contributed by atoms with Crippen molar-refractivity contribution in [1.82, 2.24) is 25.1 Å². The molecule has 0 spiro atoms. The Balaban J connectivity index is 1.62. The summed E-state index contributed by atoms with van der Waals surface area (Å²) in [6.07, 6.45) is 3.89. The molecule has 8 heteroatoms. The minimum Gasteiger partial charge on any atom is -0.497 e. The van der Waals surface area contributed by atoms with Gasteiger partial charge in [0.25, 0.3) is 0 Å². The Bertz CT molecular complexity index is 812. The first-order valence-corrected chi connectivity index (χ1v) is 11.0. The molecule has 2 N–H and O–H groups in total. The van der Waals surface area contributed by atoms with Gasteiger partial charge in [-0.15, -0.1) is 0 Å². The fraction of sp³-hybridized carbons (Fsp3) is 0.565. The highest BCUT2D eigenvalue weighted by Crippen LogP contribution is 2.23. The van der Waals surface area contributed by atoms with Crippen molar-refractivity contribution in [2.75, 3.05) is 47.0 Å². The molecule has 0 radical (unpaired) electrons. The van der Waals surface area contributed by atoms with Gasteiger partial charge in [-0.3, -0.25) is 9.89 Å². The summed E-state index contributed by atoms with van der Waals surface area (Å²) in [7, 11) is 3.49. The van der Waals surface area contributed by atoms with Crippen LogP contribution in [0.4, 0.5) is 0 Å². The number of benzene rings is 1. The standard InChI is InChI=1S/C23H36N6O2/c1-18(2)17-29-10-9-25-22(29)16-27-23(24-3)26-15-21(28-11-13-31-14-12-28)19-5-7-20(30-4)8-6-19/h5-10,18,21H,11-17H2,1-4H3,(H2,24,26,27). The molecule has 31 heavy (non-hydrogen) atoms. The summed E-state index contributed by atoms with van der Waals surface area (Å²) in [5.41, 5.74) is 1.25. The van der Waals surface area contributed by atoms with Crippen LogP contribution in [0.5, 0.6) is 5.75 Å². The van der Waals surface area contributed by atoms with Crippen molar-refractivity contribution in [3.8, 4) is 5.75 Å². The van der Waals surface area contributed by atoms with Crippen LogP contribution in [0.1, 0.15) is 31.3 Å². The molecular formula is C23H36N6O2. The maximum atomic E-state index is 5.56. The molecule has 2 heterocycles. The molecule has 1 saturated heterocycles. The number of hydrogen-bond acceptors (Lipinski definition) is 5. The fourth-order valence-corrected chi connectivity index (χ4v) is 3.82. The maximum Gasteiger partial charge on any atom is 0.191 e. The fourth-order valence-electron chi connectivity index (χ4n) is 3.82. The number of morpholine rings is 1. The average Bonchev–Trinajstić information content (AvgIpc) is 3.23. The normalized spacial score (nSPS) is 16.4. The number of ether oxygens (including phenoxy) is 2. The van der Waals surface area contributed by atoms with Crippen molar-refractivity contribution in [3.05, 3.63) is 48.0 Å². The van der Waals surface area contributed by atoms with Crippen LogP contribution < -0.4 is 15.4 Å². The molecule has 1 aliphatic heterocycles. The molecule has 1 fully saturated rings. The zero-order valence-electron chi connectivity index (χ0n) is 19.2. The minimum atomic E-state index is 0.219. The molecule has 1 atom stereocenters. The van der Waals surface area contributed by atoms with Crippen LogP contribution in [-0.4, -0.2) is 67.4 Å². The van der Waals surface area contributed by atoms with Crippen molar-refractivity contribution in [2.24, 2.45) is 10.9 Å². The van der Waals surface area contributed by atoms with Gasteiger partial charge < -0.3 is 24.7 Å². The molecule has 2 aromatic rings. The van der Waals surface area contributed by atoms with Crippen LogP contribution in [0.3, 0.4) is 0 Å². The number of nitrogens with one attached hydrogen (secondary N) is 2. The van der Waals surface area contributed by atoms with Crippen molar-refractivity contribution in [2.45, 2.75) is 33.0 Å². The van der Waals surface area contributed by atoms with Crippen molar-refractivity contribution in [3.63, 3.8) is 0 Å². The Kier molecular flexibility index (Phi) is 8.73. The number of hydrogen-bond donors (Lipinski definition) is 2. The average molecular weight is 429 g/mol. The smallest absolute Gasteiger partial charge is 0.191 e. The van der Waals surface area contributed by atoms with Gasteiger partial charge in [0.1, 0.15) is 11.6 Å². The molecule has 1 aromatic heterocycles. The number of nitrogens with zero attached hydrogens (tertiary/aromatic N) is 4. The lowest BCUT2D eigenvalue weighted by Gasteiger charge is -2.35. The Morgan fingerprint density at radius 2 is 1.94 bits per heavy atom. The molecule has 170 valence electrons. The molecule has 1 unspecified atom stereocenters. The van der Waals surface area contributed by atoms with E-state index in [1.54, 1.807) is 14.2 Å². The summed E-state index contributed by atoms with van der Waals surface area (Å²) in [4.78, 5) is 11.4. The molecule has 0 aliphatic carbocycles. The van der Waals surface area contributed by atoms with Crippen LogP contribution in [0.2, 0.25) is 0 Å². The first kappa shape index (κ1) is 23.1. The van der Waals surface area contributed by atoms with Crippen LogP contribution in [-0.2, 0) is 17.8 Å². The van der Waals surface area contributed by atoms with Crippen molar-refractivity contribution < 1.29 is 9.47 Å². The number of aromatic nitrogens is 2. The van der Waals surface area contributed by atoms with E-state index in [1.807, 2.05) is 24.5 Å². The Morgan fingerprint density at radius 1 is 1.19 bits per heavy atom. The van der Waals surface area contributed by atoms with E-state index < -0.39 is 0 Å². The summed E-state index contributed by atoms with van der Waals surface area (Å²) < 4.78 is 13.1. The second-order valence-corrected chi connectivity index (χ2v) is 8.13. The molecule has 1 aliphatic rings. The zero-order valence-corrected chi connectivity index (χ0v) is 19.2. The number of methoxy groups -OCH3 is 1. The topological polar surface area (TPSA) is 75.9 Å². The molecule has 0 amide bonds. The summed E-state index contributed by atoms with van der Waals surface area (Å²) in [6, 6.07) is 8.53. The molecular weight excluding hydrogens is 392 g/mol. The minimum absolute atomic E-state index is 0.219. The monoisotopic (exact) mass is 428 g/mol. The van der Waals surface area contributed by atoms with Gasteiger partial charge in [-0.1, -0.05) is 26.0 Å².